The van der Waals surface area contributed by atoms with E-state index in [1.54, 1.807) is 0 Å². The van der Waals surface area contributed by atoms with Gasteiger partial charge in [0, 0.05) is 81.9 Å². The van der Waals surface area contributed by atoms with Crippen LogP contribution in [0.25, 0.3) is 154 Å². The molecule has 12 aromatic carbocycles. The predicted octanol–water partition coefficient (Wildman–Crippen LogP) is 20.1. The molecule has 4 aromatic heterocycles. The molecule has 2 N–H and O–H groups in total. The molecule has 0 radical (unpaired) electrons. The van der Waals surface area contributed by atoms with E-state index in [4.69, 9.17) is 0 Å². The maximum Gasteiger partial charge on any atom is 0.0541 e. The minimum absolute atomic E-state index is 0.0745. The van der Waals surface area contributed by atoms with Gasteiger partial charge in [-0.3, -0.25) is 0 Å². The van der Waals surface area contributed by atoms with E-state index in [0.717, 1.165) is 22.2 Å². The van der Waals surface area contributed by atoms with Crippen molar-refractivity contribution in [2.24, 2.45) is 0 Å². The van der Waals surface area contributed by atoms with Crippen LogP contribution in [-0.2, 0) is 5.41 Å². The number of fused-ring (bicyclic) bond motifs is 15. The molecule has 4 nitrogen and oxygen atoms in total. The van der Waals surface area contributed by atoms with Gasteiger partial charge in [0.2, 0.25) is 0 Å². The van der Waals surface area contributed by atoms with E-state index in [1.807, 2.05) is 0 Å². The largest absolute Gasteiger partial charge is 0.355 e. The van der Waals surface area contributed by atoms with Gasteiger partial charge < -0.3 is 19.1 Å². The summed E-state index contributed by atoms with van der Waals surface area (Å²) < 4.78 is 4.86. The van der Waals surface area contributed by atoms with Crippen molar-refractivity contribution >= 4 is 87.2 Å². The minimum Gasteiger partial charge on any atom is -0.355 e. The summed E-state index contributed by atoms with van der Waals surface area (Å²) >= 11 is 0. The van der Waals surface area contributed by atoms with Crippen LogP contribution in [0.5, 0.6) is 0 Å². The summed E-state index contributed by atoms with van der Waals surface area (Å²) in [7, 11) is 0. The number of para-hydroxylation sites is 3. The Morgan fingerprint density at radius 1 is 0.253 bits per heavy atom. The van der Waals surface area contributed by atoms with E-state index < -0.39 is 0 Å². The average molecular weight is 1010 g/mol. The molecular formula is C75H50N4. The van der Waals surface area contributed by atoms with E-state index in [2.05, 4.69) is 288 Å². The van der Waals surface area contributed by atoms with Crippen LogP contribution in [0.4, 0.5) is 0 Å². The number of aromatic amines is 2. The summed E-state index contributed by atoms with van der Waals surface area (Å²) in [6.07, 6.45) is 0. The molecule has 0 aliphatic heterocycles. The molecule has 0 amide bonds. The second kappa shape index (κ2) is 16.4. The Kier molecular flexibility index (Phi) is 9.15. The predicted molar refractivity (Wildman–Crippen MR) is 333 cm³/mol. The number of nitrogens with zero attached hydrogens (tertiary/aromatic N) is 2. The fourth-order valence-electron chi connectivity index (χ4n) is 13.7. The molecule has 0 fully saturated rings. The Labute approximate surface area is 456 Å². The fraction of sp³-hybridized carbons (Fsp3) is 0.0400. The van der Waals surface area contributed by atoms with Crippen LogP contribution in [0.1, 0.15) is 25.0 Å². The van der Waals surface area contributed by atoms with Crippen molar-refractivity contribution in [1.29, 1.82) is 0 Å². The summed E-state index contributed by atoms with van der Waals surface area (Å²) in [4.78, 5) is 7.31. The second-order valence-electron chi connectivity index (χ2n) is 22.3. The van der Waals surface area contributed by atoms with E-state index in [-0.39, 0.29) is 5.41 Å². The smallest absolute Gasteiger partial charge is 0.0541 e. The number of benzene rings is 12. The molecule has 1 aliphatic carbocycles. The maximum absolute atomic E-state index is 3.73. The number of H-pyrrole nitrogens is 2. The number of rotatable bonds is 6. The molecule has 4 heterocycles. The van der Waals surface area contributed by atoms with Crippen LogP contribution in [0.3, 0.4) is 0 Å². The molecule has 0 atom stereocenters. The first kappa shape index (κ1) is 44.0. The highest BCUT2D eigenvalue weighted by atomic mass is 15.0. The van der Waals surface area contributed by atoms with E-state index >= 15 is 0 Å². The quantitative estimate of drug-likeness (QED) is 0.167. The highest BCUT2D eigenvalue weighted by molar-refractivity contribution is 6.14. The normalized spacial score (nSPS) is 13.0. The van der Waals surface area contributed by atoms with Crippen LogP contribution in [-0.4, -0.2) is 19.1 Å². The third-order valence-corrected chi connectivity index (χ3v) is 17.6. The van der Waals surface area contributed by atoms with Crippen LogP contribution < -0.4 is 0 Å². The van der Waals surface area contributed by atoms with E-state index in [0.29, 0.717) is 0 Å². The van der Waals surface area contributed by atoms with Crippen molar-refractivity contribution in [1.82, 2.24) is 19.1 Å². The van der Waals surface area contributed by atoms with Gasteiger partial charge in [0.15, 0.2) is 0 Å². The molecule has 370 valence electrons. The van der Waals surface area contributed by atoms with Crippen molar-refractivity contribution in [2.75, 3.05) is 0 Å². The molecule has 79 heavy (non-hydrogen) atoms. The molecule has 0 bridgehead atoms. The lowest BCUT2D eigenvalue weighted by atomic mass is 9.82. The average Bonchev–Trinajstić information content (AvgIpc) is 4.35. The van der Waals surface area contributed by atoms with Crippen molar-refractivity contribution in [2.45, 2.75) is 19.3 Å². The lowest BCUT2D eigenvalue weighted by Crippen LogP contribution is -2.15. The van der Waals surface area contributed by atoms with Crippen molar-refractivity contribution in [3.05, 3.63) is 266 Å². The van der Waals surface area contributed by atoms with Gasteiger partial charge in [-0.15, -0.1) is 0 Å². The number of hydrogen-bond donors (Lipinski definition) is 2. The van der Waals surface area contributed by atoms with E-state index in [9.17, 15) is 0 Å². The Hall–Kier alpha value is -10.2. The number of aromatic nitrogens is 4. The highest BCUT2D eigenvalue weighted by Crippen LogP contribution is 2.50. The SMILES string of the molecule is CC1(C)c2ccccc2-c2ccc(-n3c4ccccc4c4cc(-c5ccc6[nH]c7ccc(-c8cccc(-c9ccc(-n%10c%11ccccc%11c%11cc(-c%12ccc%13[nH]c%14ccccc%14c%13c%12)ccc%11%10)cc9)c8)cc7c6c5)ccc43)cc21. The van der Waals surface area contributed by atoms with Gasteiger partial charge in [-0.2, -0.15) is 0 Å². The topological polar surface area (TPSA) is 41.4 Å². The van der Waals surface area contributed by atoms with Crippen LogP contribution >= 0.6 is 0 Å². The first-order valence-corrected chi connectivity index (χ1v) is 27.5. The molecule has 1 aliphatic rings. The summed E-state index contributed by atoms with van der Waals surface area (Å²) in [6.45, 7) is 4.72. The Bertz CT molecular complexity index is 5230. The summed E-state index contributed by atoms with van der Waals surface area (Å²) in [5.74, 6) is 0. The third kappa shape index (κ3) is 6.55. The zero-order valence-electron chi connectivity index (χ0n) is 43.6. The maximum atomic E-state index is 3.73. The third-order valence-electron chi connectivity index (χ3n) is 17.6. The molecule has 17 rings (SSSR count). The van der Waals surface area contributed by atoms with Crippen LogP contribution in [0.2, 0.25) is 0 Å². The van der Waals surface area contributed by atoms with Gasteiger partial charge in [0.25, 0.3) is 0 Å². The Balaban J connectivity index is 0.689. The first-order chi connectivity index (χ1) is 38.9. The van der Waals surface area contributed by atoms with Crippen molar-refractivity contribution < 1.29 is 0 Å². The molecular weight excluding hydrogens is 957 g/mol. The fourth-order valence-corrected chi connectivity index (χ4v) is 13.7. The first-order valence-electron chi connectivity index (χ1n) is 27.5. The molecule has 4 heteroatoms. The zero-order chi connectivity index (χ0) is 52.1. The zero-order valence-corrected chi connectivity index (χ0v) is 43.6. The van der Waals surface area contributed by atoms with Crippen LogP contribution in [0, 0.1) is 0 Å². The van der Waals surface area contributed by atoms with Crippen LogP contribution in [0.15, 0.2) is 255 Å². The molecule has 0 unspecified atom stereocenters. The Morgan fingerprint density at radius 3 is 1.27 bits per heavy atom. The number of nitrogens with one attached hydrogen (secondary N) is 2. The summed E-state index contributed by atoms with van der Waals surface area (Å²) in [5, 5.41) is 9.95. The van der Waals surface area contributed by atoms with Gasteiger partial charge in [-0.25, -0.2) is 0 Å². The molecule has 16 aromatic rings. The van der Waals surface area contributed by atoms with Gasteiger partial charge in [-0.1, -0.05) is 159 Å². The van der Waals surface area contributed by atoms with Gasteiger partial charge in [0.05, 0.1) is 22.1 Å². The monoisotopic (exact) mass is 1010 g/mol. The minimum atomic E-state index is -0.0745. The van der Waals surface area contributed by atoms with Gasteiger partial charge in [-0.05, 0) is 176 Å². The van der Waals surface area contributed by atoms with E-state index in [1.165, 1.54) is 143 Å². The van der Waals surface area contributed by atoms with Gasteiger partial charge >= 0.3 is 0 Å². The Morgan fingerprint density at radius 2 is 0.658 bits per heavy atom. The standard InChI is InChI=1S/C75H50N4/c1-75(2)65-18-7-3-14-55(65)56-32-31-54(44-66(56)75)79-72-21-10-6-17-59(72)64-43-52(28-37-74(64)79)50-26-35-70-62(41-50)61-40-48(24-34-69(61)77-70)47-13-11-12-46(38-47)45-22-29-53(30-23-45)78-71-20-9-5-16-58(71)63-42-51(27-36-73(63)78)49-25-33-68-60(39-49)57-15-4-8-19-67(57)76-68/h3-44,76-77H,1-2H3. The molecule has 0 spiro atoms. The molecule has 0 saturated carbocycles. The molecule has 0 saturated heterocycles. The second-order valence-corrected chi connectivity index (χ2v) is 22.3. The lowest BCUT2D eigenvalue weighted by Gasteiger charge is -2.22. The van der Waals surface area contributed by atoms with Gasteiger partial charge in [0.1, 0.15) is 0 Å². The van der Waals surface area contributed by atoms with Crippen molar-refractivity contribution in [3.63, 3.8) is 0 Å². The highest BCUT2D eigenvalue weighted by Gasteiger charge is 2.35. The number of hydrogen-bond acceptors (Lipinski definition) is 0. The summed E-state index contributed by atoms with van der Waals surface area (Å²) in [6, 6.07) is 94.7. The van der Waals surface area contributed by atoms with Crippen molar-refractivity contribution in [3.8, 4) is 67.0 Å². The summed E-state index contributed by atoms with van der Waals surface area (Å²) in [5.41, 5.74) is 26.7. The lowest BCUT2D eigenvalue weighted by molar-refractivity contribution is 0.660.